The zero-order valence-corrected chi connectivity index (χ0v) is 9.71. The fourth-order valence-corrected chi connectivity index (χ4v) is 0.869. The zero-order chi connectivity index (χ0) is 8.48. The number of nitrogen functional groups attached to an aromatic ring is 1. The molecule has 0 unspecified atom stereocenters. The van der Waals surface area contributed by atoms with Gasteiger partial charge in [-0.1, -0.05) is 26.8 Å². The Labute approximate surface area is 91.8 Å². The van der Waals surface area contributed by atoms with E-state index in [0.717, 1.165) is 5.69 Å². The quantitative estimate of drug-likeness (QED) is 0.734. The predicted molar refractivity (Wildman–Crippen MR) is 61.8 cm³/mol. The molecule has 0 aromatic carbocycles. The Bertz CT molecular complexity index is 256. The lowest BCUT2D eigenvalue weighted by Crippen LogP contribution is -2.13. The van der Waals surface area contributed by atoms with E-state index in [2.05, 4.69) is 25.8 Å². The molecular weight excluding hydrogens is 207 g/mol. The van der Waals surface area contributed by atoms with Crippen molar-refractivity contribution in [3.63, 3.8) is 0 Å². The van der Waals surface area contributed by atoms with Crippen molar-refractivity contribution in [3.8, 4) is 0 Å². The van der Waals surface area contributed by atoms with E-state index in [1.807, 2.05) is 12.1 Å². The van der Waals surface area contributed by atoms with Crippen molar-refractivity contribution in [3.05, 3.63) is 23.9 Å². The fraction of sp³-hybridized carbons (Fsp3) is 0.444. The van der Waals surface area contributed by atoms with Crippen molar-refractivity contribution in [1.82, 2.24) is 4.98 Å². The van der Waals surface area contributed by atoms with Crippen LogP contribution in [0.5, 0.6) is 0 Å². The second-order valence-corrected chi connectivity index (χ2v) is 3.70. The molecule has 0 atom stereocenters. The monoisotopic (exact) mass is 222 g/mol. The summed E-state index contributed by atoms with van der Waals surface area (Å²) in [5.74, 6) is 0.595. The third-order valence-corrected chi connectivity index (χ3v) is 1.54. The molecule has 1 rings (SSSR count). The summed E-state index contributed by atoms with van der Waals surface area (Å²) in [5.41, 5.74) is 6.68. The van der Waals surface area contributed by atoms with E-state index in [9.17, 15) is 0 Å². The van der Waals surface area contributed by atoms with E-state index in [1.54, 1.807) is 6.07 Å². The molecule has 1 aromatic rings. The number of rotatable bonds is 0. The van der Waals surface area contributed by atoms with Gasteiger partial charge in [0.15, 0.2) is 0 Å². The van der Waals surface area contributed by atoms with Gasteiger partial charge in [-0.05, 0) is 12.1 Å². The van der Waals surface area contributed by atoms with Gasteiger partial charge in [-0.15, -0.1) is 24.8 Å². The number of hydrogen-bond acceptors (Lipinski definition) is 2. The lowest BCUT2D eigenvalue weighted by molar-refractivity contribution is 0.570. The van der Waals surface area contributed by atoms with Crippen LogP contribution >= 0.6 is 24.8 Å². The summed E-state index contributed by atoms with van der Waals surface area (Å²) in [6.07, 6.45) is 0. The first-order valence-corrected chi connectivity index (χ1v) is 3.73. The van der Waals surface area contributed by atoms with Gasteiger partial charge in [0.2, 0.25) is 0 Å². The Hall–Kier alpha value is -0.470. The molecule has 0 aliphatic carbocycles. The molecule has 0 saturated heterocycles. The molecule has 2 nitrogen and oxygen atoms in total. The molecule has 13 heavy (non-hydrogen) atoms. The minimum absolute atomic E-state index is 0. The number of pyridine rings is 1. The van der Waals surface area contributed by atoms with Gasteiger partial charge in [0.1, 0.15) is 5.82 Å². The first-order chi connectivity index (χ1) is 5.00. The van der Waals surface area contributed by atoms with Crippen molar-refractivity contribution in [2.45, 2.75) is 26.2 Å². The summed E-state index contributed by atoms with van der Waals surface area (Å²) in [5, 5.41) is 0. The number of hydrogen-bond donors (Lipinski definition) is 1. The third kappa shape index (κ3) is 4.34. The van der Waals surface area contributed by atoms with Gasteiger partial charge < -0.3 is 5.73 Å². The van der Waals surface area contributed by atoms with E-state index in [-0.39, 0.29) is 30.2 Å². The minimum atomic E-state index is 0. The van der Waals surface area contributed by atoms with Crippen molar-refractivity contribution < 1.29 is 0 Å². The molecule has 2 N–H and O–H groups in total. The van der Waals surface area contributed by atoms with Crippen LogP contribution in [0.4, 0.5) is 5.82 Å². The van der Waals surface area contributed by atoms with Gasteiger partial charge in [-0.3, -0.25) is 0 Å². The number of halogens is 2. The second-order valence-electron chi connectivity index (χ2n) is 3.70. The Balaban J connectivity index is 0. The molecule has 0 amide bonds. The first-order valence-electron chi connectivity index (χ1n) is 3.73. The summed E-state index contributed by atoms with van der Waals surface area (Å²) in [6.45, 7) is 6.36. The van der Waals surface area contributed by atoms with E-state index >= 15 is 0 Å². The molecule has 1 heterocycles. The van der Waals surface area contributed by atoms with E-state index in [4.69, 9.17) is 5.73 Å². The molecule has 1 aromatic heterocycles. The maximum atomic E-state index is 5.54. The van der Waals surface area contributed by atoms with Crippen molar-refractivity contribution in [2.75, 3.05) is 5.73 Å². The van der Waals surface area contributed by atoms with Crippen LogP contribution in [0.25, 0.3) is 0 Å². The maximum absolute atomic E-state index is 5.54. The molecule has 0 fully saturated rings. The van der Waals surface area contributed by atoms with Crippen LogP contribution in [0.1, 0.15) is 26.5 Å². The van der Waals surface area contributed by atoms with Crippen LogP contribution in [0.3, 0.4) is 0 Å². The van der Waals surface area contributed by atoms with Crippen LogP contribution in [0.15, 0.2) is 18.2 Å². The van der Waals surface area contributed by atoms with Gasteiger partial charge >= 0.3 is 0 Å². The van der Waals surface area contributed by atoms with Gasteiger partial charge in [0, 0.05) is 11.1 Å². The highest BCUT2D eigenvalue weighted by Gasteiger charge is 2.14. The van der Waals surface area contributed by atoms with E-state index in [1.165, 1.54) is 0 Å². The first kappa shape index (κ1) is 15.0. The molecule has 0 spiro atoms. The van der Waals surface area contributed by atoms with Crippen LogP contribution in [-0.2, 0) is 5.41 Å². The molecule has 0 aliphatic heterocycles. The lowest BCUT2D eigenvalue weighted by Gasteiger charge is -2.17. The summed E-state index contributed by atoms with van der Waals surface area (Å²) >= 11 is 0. The van der Waals surface area contributed by atoms with Crippen molar-refractivity contribution in [2.24, 2.45) is 0 Å². The third-order valence-electron chi connectivity index (χ3n) is 1.54. The number of nitrogens with two attached hydrogens (primary N) is 1. The fourth-order valence-electron chi connectivity index (χ4n) is 0.869. The molecule has 0 saturated carbocycles. The molecule has 4 heteroatoms. The van der Waals surface area contributed by atoms with Crippen LogP contribution < -0.4 is 5.73 Å². The van der Waals surface area contributed by atoms with Crippen molar-refractivity contribution in [1.29, 1.82) is 0 Å². The molecule has 76 valence electrons. The Morgan fingerprint density at radius 2 is 1.69 bits per heavy atom. The molecule has 0 radical (unpaired) electrons. The van der Waals surface area contributed by atoms with Gasteiger partial charge in [0.25, 0.3) is 0 Å². The lowest BCUT2D eigenvalue weighted by atomic mass is 9.92. The second kappa shape index (κ2) is 5.30. The largest absolute Gasteiger partial charge is 0.384 e. The van der Waals surface area contributed by atoms with E-state index in [0.29, 0.717) is 5.82 Å². The summed E-state index contributed by atoms with van der Waals surface area (Å²) in [6, 6.07) is 5.73. The standard InChI is InChI=1S/C9H14N2.2ClH/c1-9(2,3)7-5-4-6-8(10)11-7;;/h4-6H,1-3H3,(H2,10,11);2*1H. The Kier molecular flexibility index (Phi) is 6.13. The van der Waals surface area contributed by atoms with Crippen molar-refractivity contribution >= 4 is 30.6 Å². The van der Waals surface area contributed by atoms with Gasteiger partial charge in [-0.2, -0.15) is 0 Å². The number of nitrogens with zero attached hydrogens (tertiary/aromatic N) is 1. The van der Waals surface area contributed by atoms with Crippen LogP contribution in [0.2, 0.25) is 0 Å². The summed E-state index contributed by atoms with van der Waals surface area (Å²) < 4.78 is 0. The van der Waals surface area contributed by atoms with Gasteiger partial charge in [0.05, 0.1) is 0 Å². The normalized spacial score (nSPS) is 9.77. The number of anilines is 1. The average Bonchev–Trinajstić information content (AvgIpc) is 1.86. The summed E-state index contributed by atoms with van der Waals surface area (Å²) in [4.78, 5) is 4.22. The highest BCUT2D eigenvalue weighted by atomic mass is 35.5. The predicted octanol–water partition coefficient (Wildman–Crippen LogP) is 2.80. The molecule has 0 aliphatic rings. The van der Waals surface area contributed by atoms with Crippen LogP contribution in [0, 0.1) is 0 Å². The zero-order valence-electron chi connectivity index (χ0n) is 8.07. The Morgan fingerprint density at radius 3 is 2.00 bits per heavy atom. The smallest absolute Gasteiger partial charge is 0.123 e. The SMILES string of the molecule is CC(C)(C)c1cccc(N)n1.Cl.Cl. The topological polar surface area (TPSA) is 38.9 Å². The highest BCUT2D eigenvalue weighted by molar-refractivity contribution is 5.85. The van der Waals surface area contributed by atoms with Gasteiger partial charge in [-0.25, -0.2) is 4.98 Å². The Morgan fingerprint density at radius 1 is 1.15 bits per heavy atom. The molecule has 0 bridgehead atoms. The minimum Gasteiger partial charge on any atom is -0.384 e. The highest BCUT2D eigenvalue weighted by Crippen LogP contribution is 2.19. The van der Waals surface area contributed by atoms with Crippen LogP contribution in [-0.4, -0.2) is 4.98 Å². The average molecular weight is 223 g/mol. The maximum Gasteiger partial charge on any atom is 0.123 e. The molecular formula is C9H16Cl2N2. The van der Waals surface area contributed by atoms with E-state index < -0.39 is 0 Å². The number of aromatic nitrogens is 1. The summed E-state index contributed by atoms with van der Waals surface area (Å²) in [7, 11) is 0.